The van der Waals surface area contributed by atoms with Crippen molar-refractivity contribution >= 4 is 29.6 Å². The molecule has 0 N–H and O–H groups in total. The van der Waals surface area contributed by atoms with Crippen LogP contribution in [0.5, 0.6) is 11.5 Å². The van der Waals surface area contributed by atoms with E-state index in [-0.39, 0.29) is 0 Å². The second-order valence-electron chi connectivity index (χ2n) is 5.65. The van der Waals surface area contributed by atoms with Crippen LogP contribution in [-0.2, 0) is 5.75 Å². The van der Waals surface area contributed by atoms with E-state index in [2.05, 4.69) is 15.3 Å². The first-order chi connectivity index (χ1) is 13.7. The largest absolute Gasteiger partial charge is 0.490 e. The molecule has 0 unspecified atom stereocenters. The minimum atomic E-state index is 0.564. The topological polar surface area (TPSA) is 61.5 Å². The zero-order valence-corrected chi connectivity index (χ0v) is 17.3. The van der Waals surface area contributed by atoms with Crippen LogP contribution in [0.3, 0.4) is 0 Å². The van der Waals surface area contributed by atoms with Crippen LogP contribution < -0.4 is 9.47 Å². The first-order valence-corrected chi connectivity index (χ1v) is 10.3. The molecule has 146 valence electrons. The van der Waals surface area contributed by atoms with Gasteiger partial charge in [0.05, 0.1) is 19.4 Å². The highest BCUT2D eigenvalue weighted by molar-refractivity contribution is 7.98. The van der Waals surface area contributed by atoms with E-state index in [1.54, 1.807) is 17.2 Å². The van der Waals surface area contributed by atoms with Crippen LogP contribution in [0, 0.1) is 0 Å². The van der Waals surface area contributed by atoms with Gasteiger partial charge < -0.3 is 9.47 Å². The van der Waals surface area contributed by atoms with Crippen LogP contribution in [-0.4, -0.2) is 34.3 Å². The molecule has 0 aliphatic heterocycles. The lowest BCUT2D eigenvalue weighted by atomic mass is 10.2. The molecule has 1 heterocycles. The Morgan fingerprint density at radius 2 is 1.89 bits per heavy atom. The van der Waals surface area contributed by atoms with E-state index in [4.69, 9.17) is 21.1 Å². The third kappa shape index (κ3) is 5.27. The third-order valence-electron chi connectivity index (χ3n) is 3.71. The van der Waals surface area contributed by atoms with Crippen molar-refractivity contribution in [1.82, 2.24) is 14.9 Å². The summed E-state index contributed by atoms with van der Waals surface area (Å²) in [4.78, 5) is 0. The van der Waals surface area contributed by atoms with Crippen LogP contribution in [0.15, 0.2) is 59.0 Å². The summed E-state index contributed by atoms with van der Waals surface area (Å²) in [6.07, 6.45) is 3.31. The number of halogens is 1. The van der Waals surface area contributed by atoms with Crippen LogP contribution in [0.4, 0.5) is 0 Å². The van der Waals surface area contributed by atoms with Crippen molar-refractivity contribution in [3.63, 3.8) is 0 Å². The number of rotatable bonds is 9. The zero-order valence-electron chi connectivity index (χ0n) is 15.7. The Balaban J connectivity index is 1.72. The van der Waals surface area contributed by atoms with Gasteiger partial charge in [-0.1, -0.05) is 41.6 Å². The Morgan fingerprint density at radius 1 is 1.11 bits per heavy atom. The molecule has 0 aliphatic rings. The van der Waals surface area contributed by atoms with E-state index in [0.29, 0.717) is 29.9 Å². The van der Waals surface area contributed by atoms with Gasteiger partial charge in [0.15, 0.2) is 11.5 Å². The molecule has 3 rings (SSSR count). The molecule has 0 aliphatic carbocycles. The molecule has 0 saturated carbocycles. The van der Waals surface area contributed by atoms with Gasteiger partial charge in [-0.05, 0) is 49.2 Å². The molecule has 2 aromatic carbocycles. The van der Waals surface area contributed by atoms with Gasteiger partial charge in [-0.3, -0.25) is 0 Å². The normalized spacial score (nSPS) is 11.1. The average molecular weight is 417 g/mol. The molecular formula is C20H21ClN4O2S. The number of hydrogen-bond donors (Lipinski definition) is 0. The molecule has 0 saturated heterocycles. The number of benzene rings is 2. The third-order valence-corrected chi connectivity index (χ3v) is 5.06. The highest BCUT2D eigenvalue weighted by atomic mass is 35.5. The van der Waals surface area contributed by atoms with E-state index in [1.807, 2.05) is 56.3 Å². The van der Waals surface area contributed by atoms with Gasteiger partial charge in [0.1, 0.15) is 6.33 Å². The van der Waals surface area contributed by atoms with Crippen LogP contribution in [0.25, 0.3) is 0 Å². The van der Waals surface area contributed by atoms with Gasteiger partial charge in [0, 0.05) is 10.8 Å². The molecule has 1 aromatic heterocycles. The molecule has 0 amide bonds. The fraction of sp³-hybridized carbons (Fsp3) is 0.250. The molecule has 0 radical (unpaired) electrons. The first-order valence-electron chi connectivity index (χ1n) is 8.91. The summed E-state index contributed by atoms with van der Waals surface area (Å²) in [5.41, 5.74) is 1.93. The predicted molar refractivity (Wildman–Crippen MR) is 113 cm³/mol. The number of aromatic nitrogens is 3. The Bertz CT molecular complexity index is 945. The van der Waals surface area contributed by atoms with Crippen molar-refractivity contribution in [2.45, 2.75) is 24.8 Å². The minimum Gasteiger partial charge on any atom is -0.490 e. The van der Waals surface area contributed by atoms with Crippen molar-refractivity contribution < 1.29 is 9.47 Å². The molecule has 0 fully saturated rings. The summed E-state index contributed by atoms with van der Waals surface area (Å²) in [6, 6.07) is 13.5. The predicted octanol–water partition coefficient (Wildman–Crippen LogP) is 4.90. The van der Waals surface area contributed by atoms with Crippen molar-refractivity contribution in [2.24, 2.45) is 5.10 Å². The summed E-state index contributed by atoms with van der Waals surface area (Å²) in [5, 5.41) is 14.0. The first kappa shape index (κ1) is 20.2. The number of ether oxygens (including phenoxy) is 2. The Labute approximate surface area is 173 Å². The summed E-state index contributed by atoms with van der Waals surface area (Å²) in [6.45, 7) is 5.03. The summed E-state index contributed by atoms with van der Waals surface area (Å²) in [5.74, 6) is 2.11. The monoisotopic (exact) mass is 416 g/mol. The van der Waals surface area contributed by atoms with Crippen molar-refractivity contribution in [1.29, 1.82) is 0 Å². The van der Waals surface area contributed by atoms with Crippen LogP contribution >= 0.6 is 23.4 Å². The maximum atomic E-state index is 6.21. The lowest BCUT2D eigenvalue weighted by Crippen LogP contribution is -1.99. The van der Waals surface area contributed by atoms with Gasteiger partial charge in [-0.15, -0.1) is 10.2 Å². The minimum absolute atomic E-state index is 0.564. The summed E-state index contributed by atoms with van der Waals surface area (Å²) >= 11 is 7.74. The molecule has 0 atom stereocenters. The molecular weight excluding hydrogens is 396 g/mol. The van der Waals surface area contributed by atoms with Crippen molar-refractivity contribution in [3.05, 3.63) is 64.9 Å². The van der Waals surface area contributed by atoms with E-state index in [0.717, 1.165) is 21.9 Å². The van der Waals surface area contributed by atoms with E-state index in [9.17, 15) is 0 Å². The van der Waals surface area contributed by atoms with Crippen LogP contribution in [0.2, 0.25) is 5.02 Å². The number of thioether (sulfide) groups is 1. The van der Waals surface area contributed by atoms with E-state index >= 15 is 0 Å². The zero-order chi connectivity index (χ0) is 19.8. The highest BCUT2D eigenvalue weighted by Crippen LogP contribution is 2.28. The second kappa shape index (κ2) is 10.1. The van der Waals surface area contributed by atoms with Gasteiger partial charge in [-0.2, -0.15) is 9.78 Å². The average Bonchev–Trinajstić information content (AvgIpc) is 3.15. The SMILES string of the molecule is CCOc1ccc(/C=N/n2cnnc2SCc2ccccc2Cl)cc1OCC. The van der Waals surface area contributed by atoms with E-state index in [1.165, 1.54) is 11.8 Å². The lowest BCUT2D eigenvalue weighted by molar-refractivity contribution is 0.288. The van der Waals surface area contributed by atoms with Gasteiger partial charge in [-0.25, -0.2) is 0 Å². The Morgan fingerprint density at radius 3 is 2.68 bits per heavy atom. The maximum Gasteiger partial charge on any atom is 0.212 e. The van der Waals surface area contributed by atoms with Crippen molar-refractivity contribution in [3.8, 4) is 11.5 Å². The number of nitrogens with zero attached hydrogens (tertiary/aromatic N) is 4. The molecule has 3 aromatic rings. The lowest BCUT2D eigenvalue weighted by Gasteiger charge is -2.11. The summed E-state index contributed by atoms with van der Waals surface area (Å²) in [7, 11) is 0. The summed E-state index contributed by atoms with van der Waals surface area (Å²) < 4.78 is 12.9. The molecule has 28 heavy (non-hydrogen) atoms. The Hall–Kier alpha value is -2.51. The Kier molecular flexibility index (Phi) is 7.33. The van der Waals surface area contributed by atoms with Gasteiger partial charge >= 0.3 is 0 Å². The van der Waals surface area contributed by atoms with Crippen LogP contribution in [0.1, 0.15) is 25.0 Å². The second-order valence-corrected chi connectivity index (χ2v) is 7.00. The molecule has 0 bridgehead atoms. The smallest absolute Gasteiger partial charge is 0.212 e. The molecule has 8 heteroatoms. The molecule has 6 nitrogen and oxygen atoms in total. The number of hydrogen-bond acceptors (Lipinski definition) is 6. The van der Waals surface area contributed by atoms with Crippen molar-refractivity contribution in [2.75, 3.05) is 13.2 Å². The van der Waals surface area contributed by atoms with E-state index < -0.39 is 0 Å². The maximum absolute atomic E-state index is 6.21. The molecule has 0 spiro atoms. The fourth-order valence-electron chi connectivity index (χ4n) is 2.43. The van der Waals surface area contributed by atoms with Gasteiger partial charge in [0.2, 0.25) is 5.16 Å². The standard InChI is InChI=1S/C20H21ClN4O2S/c1-3-26-18-10-9-15(11-19(18)27-4-2)12-23-25-14-22-24-20(25)28-13-16-7-5-6-8-17(16)21/h5-12,14H,3-4,13H2,1-2H3/b23-12+. The van der Waals surface area contributed by atoms with Gasteiger partial charge in [0.25, 0.3) is 0 Å². The fourth-order valence-corrected chi connectivity index (χ4v) is 3.58. The highest BCUT2D eigenvalue weighted by Gasteiger charge is 2.08. The quantitative estimate of drug-likeness (QED) is 0.366.